The first-order valence-corrected chi connectivity index (χ1v) is 33.9. The number of nitrogens with zero attached hydrogens (tertiary/aromatic N) is 3. The van der Waals surface area contributed by atoms with Crippen molar-refractivity contribution in [3.63, 3.8) is 0 Å². The number of unbranched alkanes of at least 4 members (excludes halogenated alkanes) is 2. The fraction of sp³-hybridized carbons (Fsp3) is 0.500. The zero-order valence-corrected chi connectivity index (χ0v) is 52.9. The molecule has 6 aliphatic carbocycles. The van der Waals surface area contributed by atoms with Gasteiger partial charge >= 0.3 is 0 Å². The number of nitrogens with two attached hydrogens (primary N) is 1. The molecule has 6 amide bonds. The molecule has 10 aliphatic rings. The van der Waals surface area contributed by atoms with Gasteiger partial charge in [-0.15, -0.1) is 0 Å². The number of aliphatic hydroxyl groups is 2. The summed E-state index contributed by atoms with van der Waals surface area (Å²) in [5, 5.41) is 69.2. The number of likely N-dealkylation sites (tertiary alicyclic amines) is 2. The van der Waals surface area contributed by atoms with Crippen LogP contribution in [0.1, 0.15) is 128 Å². The van der Waals surface area contributed by atoms with E-state index in [2.05, 4.69) is 62.0 Å². The van der Waals surface area contributed by atoms with Crippen molar-refractivity contribution in [3.8, 4) is 23.0 Å². The van der Waals surface area contributed by atoms with Crippen molar-refractivity contribution in [2.75, 3.05) is 76.1 Å². The van der Waals surface area contributed by atoms with Crippen molar-refractivity contribution < 1.29 is 58.7 Å². The second kappa shape index (κ2) is 23.2. The van der Waals surface area contributed by atoms with Crippen LogP contribution in [0.25, 0.3) is 21.8 Å². The molecular weight excluding hydrogens is 1210 g/mol. The van der Waals surface area contributed by atoms with Crippen LogP contribution in [0.2, 0.25) is 0 Å². The van der Waals surface area contributed by atoms with Crippen molar-refractivity contribution in [1.29, 1.82) is 0 Å². The molecule has 25 nitrogen and oxygen atoms in total. The number of ether oxygens (including phenoxy) is 2. The highest BCUT2D eigenvalue weighted by Gasteiger charge is 2.75. The molecule has 2 spiro atoms. The number of aromatic hydroxyl groups is 2. The normalized spacial score (nSPS) is 26.9. The van der Waals surface area contributed by atoms with E-state index in [4.69, 9.17) is 15.2 Å². The lowest BCUT2D eigenvalue weighted by molar-refractivity contribution is -0.173. The van der Waals surface area contributed by atoms with E-state index in [1.54, 1.807) is 18.2 Å². The first-order chi connectivity index (χ1) is 45.9. The molecule has 16 rings (SSSR count). The topological polar surface area (TPSA) is 362 Å². The molecule has 2 aromatic heterocycles. The van der Waals surface area contributed by atoms with Crippen LogP contribution < -0.4 is 52.4 Å². The fourth-order valence-corrected chi connectivity index (χ4v) is 18.0. The van der Waals surface area contributed by atoms with Gasteiger partial charge in [-0.05, 0) is 154 Å². The number of carbonyl (C=O) groups excluding carboxylic acids is 6. The van der Waals surface area contributed by atoms with Gasteiger partial charge in [-0.2, -0.15) is 0 Å². The van der Waals surface area contributed by atoms with E-state index < -0.39 is 89.3 Å². The molecule has 4 fully saturated rings. The van der Waals surface area contributed by atoms with Crippen molar-refractivity contribution in [2.24, 2.45) is 22.6 Å². The van der Waals surface area contributed by atoms with E-state index in [0.717, 1.165) is 106 Å². The Bertz CT molecular complexity index is 4230. The minimum absolute atomic E-state index is 0.0502. The highest BCUT2D eigenvalue weighted by molar-refractivity contribution is 6.04. The van der Waals surface area contributed by atoms with E-state index in [-0.39, 0.29) is 48.9 Å². The van der Waals surface area contributed by atoms with Crippen LogP contribution in [0.4, 0.5) is 11.4 Å². The second-order valence-corrected chi connectivity index (χ2v) is 28.3. The minimum atomic E-state index is -1.18. The number of piperidine rings is 2. The van der Waals surface area contributed by atoms with Gasteiger partial charge in [0, 0.05) is 97.0 Å². The summed E-state index contributed by atoms with van der Waals surface area (Å²) in [6, 6.07) is 18.7. The maximum absolute atomic E-state index is 13.3. The Morgan fingerprint density at radius 1 is 0.600 bits per heavy atom. The number of H-pyrrole nitrogens is 2. The van der Waals surface area contributed by atoms with E-state index in [1.807, 2.05) is 42.5 Å². The van der Waals surface area contributed by atoms with Crippen LogP contribution in [0.5, 0.6) is 23.0 Å². The molecule has 25 heteroatoms. The van der Waals surface area contributed by atoms with Gasteiger partial charge in [-0.3, -0.25) is 43.6 Å². The zero-order chi connectivity index (χ0) is 65.3. The molecule has 2 saturated carbocycles. The Labute approximate surface area is 547 Å². The third-order valence-corrected chi connectivity index (χ3v) is 22.7. The number of hydrogen-bond donors (Lipinski definition) is 14. The average Bonchev–Trinajstić information content (AvgIpc) is 1.49. The number of guanidine groups is 1. The molecule has 8 atom stereocenters. The van der Waals surface area contributed by atoms with Crippen LogP contribution in [-0.2, 0) is 65.3 Å². The van der Waals surface area contributed by atoms with Crippen molar-refractivity contribution in [2.45, 2.75) is 143 Å². The summed E-state index contributed by atoms with van der Waals surface area (Å²) in [5.41, 5.74) is 13.2. The highest BCUT2D eigenvalue weighted by atomic mass is 16.5. The van der Waals surface area contributed by atoms with Gasteiger partial charge < -0.3 is 82.8 Å². The van der Waals surface area contributed by atoms with Gasteiger partial charge in [0.25, 0.3) is 0 Å². The molecule has 2 saturated heterocycles. The highest BCUT2D eigenvalue weighted by Crippen LogP contribution is 2.71. The Morgan fingerprint density at radius 2 is 1.14 bits per heavy atom. The molecule has 4 aliphatic heterocycles. The smallest absolute Gasteiger partial charge is 0.243 e. The SMILES string of the molecule is NC(=NCCCCCNC(=O)CNC(=O)CNC(=O)CCC(=O)NCC(=O)NCC(=O)Nc1cccc2c3c([nH]c12)[C@@H]1Oc2c(O)ccc4c2C12CCN(CC1CC1)C(C4)[C@]2(O)C3)Nc1ccc2[nH]c3c(c2c1)C[C@@]1(O)C2Cc4ccc(O)c5c4C1(CCN2CC1CC1)[C@H]3O5. The minimum Gasteiger partial charge on any atom is -0.504 e. The number of phenols is 2. The average molecular weight is 1300 g/mol. The molecule has 0 radical (unpaired) electrons. The predicted octanol–water partition coefficient (Wildman–Crippen LogP) is 3.36. The van der Waals surface area contributed by atoms with Crippen LogP contribution in [0, 0.1) is 11.8 Å². The Kier molecular flexibility index (Phi) is 14.9. The summed E-state index contributed by atoms with van der Waals surface area (Å²) < 4.78 is 13.5. The summed E-state index contributed by atoms with van der Waals surface area (Å²) in [7, 11) is 0. The van der Waals surface area contributed by atoms with E-state index in [9.17, 15) is 49.2 Å². The maximum Gasteiger partial charge on any atom is 0.243 e. The van der Waals surface area contributed by atoms with Gasteiger partial charge in [0.15, 0.2) is 41.2 Å². The van der Waals surface area contributed by atoms with Crippen molar-refractivity contribution >= 4 is 74.6 Å². The third-order valence-electron chi connectivity index (χ3n) is 22.7. The van der Waals surface area contributed by atoms with Gasteiger partial charge in [0.2, 0.25) is 35.4 Å². The summed E-state index contributed by atoms with van der Waals surface area (Å²) in [5.74, 6) is -0.653. The van der Waals surface area contributed by atoms with Crippen molar-refractivity contribution in [1.82, 2.24) is 46.4 Å². The van der Waals surface area contributed by atoms with Crippen LogP contribution in [0.3, 0.4) is 0 Å². The standard InChI is InChI=1S/C70H81N13O12/c71-66(78-40-13-14-45-42(27-40)44-29-70(93)50-26-38-11-15-47(84)62-57(38)67(70,64(94-62)60(44)80-45)19-23-83(50)35-37-9-10-37)73-22-3-1-2-21-72-53(88)30-76-54(89)31-74-51(86)17-18-52(87)75-32-55(90)77-33-56(91)79-46-6-4-5-41-43-28-69(92)49-25-39-12-16-48(85)63-58(39)68(69,20-24-82(49)34-36-7-8-36)65(95-63)61(43)81-59(41)46/h4-6,11-16,27,36-37,49-50,64-65,80-81,84-85,92-93H,1-3,7-10,17-26,28-35H2,(H,72,88)(H,74,86)(H,75,87)(H,76,89)(H,77,90)(H,79,91)(H3,71,73,78)/t49?,50?,64-,65-,67?,68?,69+,70+/m0/s1. The van der Waals surface area contributed by atoms with Crippen LogP contribution in [-0.4, -0.2) is 170 Å². The molecule has 4 aromatic carbocycles. The molecule has 6 aromatic rings. The first-order valence-electron chi connectivity index (χ1n) is 33.9. The number of phenolic OH excluding ortho intramolecular Hbond substituents is 2. The lowest BCUT2D eigenvalue weighted by Crippen LogP contribution is -2.74. The number of anilines is 2. The molecule has 95 heavy (non-hydrogen) atoms. The van der Waals surface area contributed by atoms with E-state index >= 15 is 0 Å². The summed E-state index contributed by atoms with van der Waals surface area (Å²) >= 11 is 0. The summed E-state index contributed by atoms with van der Waals surface area (Å²) in [6.07, 6.45) is 8.98. The molecule has 4 unspecified atom stereocenters. The van der Waals surface area contributed by atoms with Crippen molar-refractivity contribution in [3.05, 3.63) is 105 Å². The monoisotopic (exact) mass is 1300 g/mol. The fourth-order valence-electron chi connectivity index (χ4n) is 18.0. The number of carbonyl (C=O) groups is 6. The first kappa shape index (κ1) is 61.0. The maximum atomic E-state index is 13.3. The number of amides is 6. The van der Waals surface area contributed by atoms with Gasteiger partial charge in [0.05, 0.1) is 70.8 Å². The zero-order valence-electron chi connectivity index (χ0n) is 52.9. The number of benzene rings is 4. The Morgan fingerprint density at radius 3 is 1.72 bits per heavy atom. The van der Waals surface area contributed by atoms with Crippen LogP contribution >= 0.6 is 0 Å². The number of aliphatic imine (C=N–C) groups is 1. The predicted molar refractivity (Wildman–Crippen MR) is 350 cm³/mol. The molecule has 6 heterocycles. The van der Waals surface area contributed by atoms with Gasteiger partial charge in [-0.25, -0.2) is 0 Å². The Hall–Kier alpha value is -8.91. The molecule has 4 bridgehead atoms. The van der Waals surface area contributed by atoms with Gasteiger partial charge in [-0.1, -0.05) is 24.3 Å². The number of aromatic amines is 2. The molecular formula is C70H81N13O12. The summed E-state index contributed by atoms with van der Waals surface area (Å²) in [4.78, 5) is 92.8. The third kappa shape index (κ3) is 10.1. The van der Waals surface area contributed by atoms with E-state index in [1.165, 1.54) is 25.7 Å². The number of fused-ring (bicyclic) bond motifs is 8. The van der Waals surface area contributed by atoms with Gasteiger partial charge in [0.1, 0.15) is 0 Å². The van der Waals surface area contributed by atoms with E-state index in [0.29, 0.717) is 92.6 Å². The number of rotatable bonds is 23. The molecule has 15 N–H and O–H groups in total. The second-order valence-electron chi connectivity index (χ2n) is 28.3. The number of aromatic nitrogens is 2. The lowest BCUT2D eigenvalue weighted by Gasteiger charge is -2.62. The largest absolute Gasteiger partial charge is 0.504 e. The number of para-hydroxylation sites is 1. The quantitative estimate of drug-likeness (QED) is 0.0248. The summed E-state index contributed by atoms with van der Waals surface area (Å²) in [6.45, 7) is 2.90. The molecule has 498 valence electrons. The Balaban J connectivity index is 0.432. The number of nitrogens with one attached hydrogen (secondary N) is 9. The van der Waals surface area contributed by atoms with Crippen LogP contribution in [0.15, 0.2) is 65.7 Å². The number of hydrogen-bond acceptors (Lipinski definition) is 15. The lowest BCUT2D eigenvalue weighted by atomic mass is 9.49.